The van der Waals surface area contributed by atoms with Crippen LogP contribution >= 0.6 is 38.9 Å². The van der Waals surface area contributed by atoms with E-state index in [-0.39, 0.29) is 10.7 Å². The summed E-state index contributed by atoms with van der Waals surface area (Å²) in [5.41, 5.74) is -0.0216. The fourth-order valence-corrected chi connectivity index (χ4v) is 2.28. The summed E-state index contributed by atoms with van der Waals surface area (Å²) in [7, 11) is 0. The highest BCUT2D eigenvalue weighted by Gasteiger charge is 2.12. The highest BCUT2D eigenvalue weighted by molar-refractivity contribution is 9.11. The molecule has 0 bridgehead atoms. The molecule has 0 aliphatic heterocycles. The number of nitrogens with one attached hydrogen (secondary N) is 1. The average molecular weight is 327 g/mol. The van der Waals surface area contributed by atoms with Crippen LogP contribution in [0.25, 0.3) is 0 Å². The van der Waals surface area contributed by atoms with Gasteiger partial charge >= 0.3 is 0 Å². The Labute approximate surface area is 107 Å². The second-order valence-corrected chi connectivity index (χ2v) is 5.39. The minimum absolute atomic E-state index is 0.0216. The summed E-state index contributed by atoms with van der Waals surface area (Å²) >= 11 is 9.97. The van der Waals surface area contributed by atoms with E-state index in [0.717, 1.165) is 12.1 Å². The lowest BCUT2D eigenvalue weighted by atomic mass is 10.3. The first-order valence-electron chi connectivity index (χ1n) is 3.97. The Kier molecular flexibility index (Phi) is 3.36. The van der Waals surface area contributed by atoms with Crippen LogP contribution in [0.2, 0.25) is 5.02 Å². The molecule has 1 N–H and O–H groups in total. The summed E-state index contributed by atoms with van der Waals surface area (Å²) in [4.78, 5) is 0. The number of hydrogen-bond acceptors (Lipinski definition) is 4. The molecule has 0 amide bonds. The lowest BCUT2D eigenvalue weighted by molar-refractivity contribution is 0.586. The molecule has 2 rings (SSSR count). The number of rotatable bonds is 2. The highest BCUT2D eigenvalue weighted by Crippen LogP contribution is 2.31. The Hall–Kier alpha value is -0.790. The quantitative estimate of drug-likeness (QED) is 0.907. The van der Waals surface area contributed by atoms with Gasteiger partial charge in [-0.1, -0.05) is 22.9 Å². The van der Waals surface area contributed by atoms with Crippen LogP contribution in [0, 0.1) is 11.6 Å². The molecule has 84 valence electrons. The van der Waals surface area contributed by atoms with Crippen molar-refractivity contribution < 1.29 is 8.78 Å². The van der Waals surface area contributed by atoms with E-state index in [9.17, 15) is 8.78 Å². The largest absolute Gasteiger partial charge is 0.326 e. The topological polar surface area (TPSA) is 37.8 Å². The summed E-state index contributed by atoms with van der Waals surface area (Å²) in [5, 5.41) is 10.3. The molecule has 0 atom stereocenters. The molecule has 0 unspecified atom stereocenters. The van der Waals surface area contributed by atoms with Crippen LogP contribution in [0.4, 0.5) is 19.6 Å². The van der Waals surface area contributed by atoms with Crippen molar-refractivity contribution in [3.8, 4) is 0 Å². The van der Waals surface area contributed by atoms with E-state index in [1.165, 1.54) is 11.3 Å². The standard InChI is InChI=1S/C8H3BrClF2N3S/c9-7-14-15-8(16-7)13-6-4(10)1-3(11)2-5(6)12/h1-2H,(H,13,15). The third-order valence-electron chi connectivity index (χ3n) is 1.64. The van der Waals surface area contributed by atoms with Crippen LogP contribution < -0.4 is 5.32 Å². The van der Waals surface area contributed by atoms with Gasteiger partial charge in [0.2, 0.25) is 5.13 Å². The van der Waals surface area contributed by atoms with Crippen molar-refractivity contribution in [2.75, 3.05) is 5.32 Å². The second-order valence-electron chi connectivity index (χ2n) is 2.73. The van der Waals surface area contributed by atoms with Gasteiger partial charge in [0.1, 0.15) is 5.82 Å². The molecule has 2 aromatic rings. The van der Waals surface area contributed by atoms with E-state index >= 15 is 0 Å². The fraction of sp³-hybridized carbons (Fsp3) is 0. The first-order valence-corrected chi connectivity index (χ1v) is 5.95. The average Bonchev–Trinajstić information content (AvgIpc) is 2.58. The van der Waals surface area contributed by atoms with Crippen molar-refractivity contribution >= 4 is 49.7 Å². The molecule has 0 saturated heterocycles. The SMILES string of the molecule is Fc1cc(F)c(Nc2nnc(Br)s2)c(Cl)c1. The minimum Gasteiger partial charge on any atom is -0.326 e. The molecule has 0 fully saturated rings. The van der Waals surface area contributed by atoms with Gasteiger partial charge in [-0.2, -0.15) is 0 Å². The van der Waals surface area contributed by atoms with Crippen molar-refractivity contribution in [1.82, 2.24) is 10.2 Å². The second kappa shape index (κ2) is 4.60. The van der Waals surface area contributed by atoms with Crippen molar-refractivity contribution in [3.63, 3.8) is 0 Å². The third kappa shape index (κ3) is 2.47. The zero-order chi connectivity index (χ0) is 11.7. The van der Waals surface area contributed by atoms with E-state index in [0.29, 0.717) is 9.05 Å². The van der Waals surface area contributed by atoms with Gasteiger partial charge in [0, 0.05) is 6.07 Å². The Balaban J connectivity index is 2.34. The summed E-state index contributed by atoms with van der Waals surface area (Å²) < 4.78 is 26.7. The van der Waals surface area contributed by atoms with E-state index in [1.807, 2.05) is 0 Å². The number of nitrogens with zero attached hydrogens (tertiary/aromatic N) is 2. The van der Waals surface area contributed by atoms with E-state index in [2.05, 4.69) is 31.4 Å². The van der Waals surface area contributed by atoms with Gasteiger partial charge in [-0.15, -0.1) is 10.2 Å². The van der Waals surface area contributed by atoms with Gasteiger partial charge < -0.3 is 5.32 Å². The molecule has 0 saturated carbocycles. The number of hydrogen-bond donors (Lipinski definition) is 1. The molecule has 8 heteroatoms. The summed E-state index contributed by atoms with van der Waals surface area (Å²) in [6.45, 7) is 0. The number of aromatic nitrogens is 2. The number of halogens is 4. The molecule has 3 nitrogen and oxygen atoms in total. The van der Waals surface area contributed by atoms with Crippen LogP contribution in [-0.2, 0) is 0 Å². The summed E-state index contributed by atoms with van der Waals surface area (Å²) in [5.74, 6) is -1.51. The predicted molar refractivity (Wildman–Crippen MR) is 62.3 cm³/mol. The molecule has 0 radical (unpaired) electrons. The maximum atomic E-state index is 13.4. The van der Waals surface area contributed by atoms with Crippen LogP contribution in [0.1, 0.15) is 0 Å². The fourth-order valence-electron chi connectivity index (χ4n) is 1.02. The minimum atomic E-state index is -0.781. The maximum Gasteiger partial charge on any atom is 0.211 e. The smallest absolute Gasteiger partial charge is 0.211 e. The van der Waals surface area contributed by atoms with E-state index in [4.69, 9.17) is 11.6 Å². The maximum absolute atomic E-state index is 13.4. The molecule has 1 aromatic heterocycles. The van der Waals surface area contributed by atoms with Gasteiger partial charge in [-0.3, -0.25) is 0 Å². The molecular weight excluding hydrogens is 324 g/mol. The predicted octanol–water partition coefficient (Wildman–Crippen LogP) is 3.98. The molecule has 0 spiro atoms. The van der Waals surface area contributed by atoms with Crippen molar-refractivity contribution in [2.24, 2.45) is 0 Å². The third-order valence-corrected chi connectivity index (χ3v) is 3.21. The first-order chi connectivity index (χ1) is 7.56. The monoisotopic (exact) mass is 325 g/mol. The summed E-state index contributed by atoms with van der Waals surface area (Å²) in [6, 6.07) is 1.76. The molecular formula is C8H3BrClF2N3S. The van der Waals surface area contributed by atoms with Gasteiger partial charge in [0.25, 0.3) is 0 Å². The Morgan fingerprint density at radius 1 is 1.31 bits per heavy atom. The van der Waals surface area contributed by atoms with Crippen molar-refractivity contribution in [1.29, 1.82) is 0 Å². The van der Waals surface area contributed by atoms with Gasteiger partial charge in [0.15, 0.2) is 9.73 Å². The van der Waals surface area contributed by atoms with E-state index in [1.54, 1.807) is 0 Å². The van der Waals surface area contributed by atoms with Crippen LogP contribution in [0.15, 0.2) is 16.0 Å². The zero-order valence-electron chi connectivity index (χ0n) is 7.47. The Morgan fingerprint density at radius 2 is 2.06 bits per heavy atom. The Morgan fingerprint density at radius 3 is 2.62 bits per heavy atom. The van der Waals surface area contributed by atoms with Gasteiger partial charge in [-0.05, 0) is 22.0 Å². The van der Waals surface area contributed by atoms with Crippen molar-refractivity contribution in [2.45, 2.75) is 0 Å². The molecule has 0 aliphatic carbocycles. The van der Waals surface area contributed by atoms with Crippen LogP contribution in [0.5, 0.6) is 0 Å². The molecule has 16 heavy (non-hydrogen) atoms. The normalized spacial score (nSPS) is 10.5. The van der Waals surface area contributed by atoms with Crippen LogP contribution in [-0.4, -0.2) is 10.2 Å². The molecule has 1 heterocycles. The van der Waals surface area contributed by atoms with Gasteiger partial charge in [0.05, 0.1) is 10.7 Å². The van der Waals surface area contributed by atoms with Crippen LogP contribution in [0.3, 0.4) is 0 Å². The van der Waals surface area contributed by atoms with E-state index < -0.39 is 11.6 Å². The number of benzene rings is 1. The molecule has 1 aromatic carbocycles. The van der Waals surface area contributed by atoms with Crippen molar-refractivity contribution in [3.05, 3.63) is 32.7 Å². The number of anilines is 2. The zero-order valence-corrected chi connectivity index (χ0v) is 10.6. The highest BCUT2D eigenvalue weighted by atomic mass is 79.9. The van der Waals surface area contributed by atoms with Gasteiger partial charge in [-0.25, -0.2) is 8.78 Å². The summed E-state index contributed by atoms with van der Waals surface area (Å²) in [6.07, 6.45) is 0. The Bertz CT molecular complexity index is 511. The lowest BCUT2D eigenvalue weighted by Gasteiger charge is -2.05. The molecule has 0 aliphatic rings. The lowest BCUT2D eigenvalue weighted by Crippen LogP contribution is -1.95. The first kappa shape index (κ1) is 11.7.